The summed E-state index contributed by atoms with van der Waals surface area (Å²) in [6, 6.07) is 17.8. The van der Waals surface area contributed by atoms with Crippen LogP contribution in [0.2, 0.25) is 0 Å². The Morgan fingerprint density at radius 3 is 2.44 bits per heavy atom. The van der Waals surface area contributed by atoms with Gasteiger partial charge in [0.2, 0.25) is 35.4 Å². The lowest BCUT2D eigenvalue weighted by Crippen LogP contribution is -2.60. The molecule has 1 unspecified atom stereocenters. The number of carbonyl (C=O) groups is 6. The van der Waals surface area contributed by atoms with Crippen LogP contribution in [0, 0.1) is 10.8 Å². The normalized spacial score (nSPS) is 24.3. The molecule has 0 radical (unpaired) electrons. The van der Waals surface area contributed by atoms with Crippen molar-refractivity contribution >= 4 is 75.5 Å². The number of fused-ring (bicyclic) bond motifs is 2. The van der Waals surface area contributed by atoms with Crippen molar-refractivity contribution in [3.63, 3.8) is 0 Å². The quantitative estimate of drug-likeness (QED) is 0.0937. The highest BCUT2D eigenvalue weighted by Gasteiger charge is 2.50. The second kappa shape index (κ2) is 21.3. The average molecular weight is 1100 g/mol. The minimum Gasteiger partial charge on any atom is -0.370 e. The number of hydrogen-bond donors (Lipinski definition) is 4. The van der Waals surface area contributed by atoms with Gasteiger partial charge in [-0.05, 0) is 90.1 Å². The molecular weight excluding hydrogens is 1030 g/mol. The zero-order valence-electron chi connectivity index (χ0n) is 43.4. The smallest absolute Gasteiger partial charge is 0.363 e. The van der Waals surface area contributed by atoms with Crippen LogP contribution in [-0.4, -0.2) is 151 Å². The monoisotopic (exact) mass is 1100 g/mol. The predicted molar refractivity (Wildman–Crippen MR) is 282 cm³/mol. The molecule has 7 atom stereocenters. The third kappa shape index (κ3) is 11.0. The van der Waals surface area contributed by atoms with Crippen molar-refractivity contribution in [3.8, 4) is 0 Å². The fourth-order valence-corrected chi connectivity index (χ4v) is 13.3. The van der Waals surface area contributed by atoms with Gasteiger partial charge in [0.15, 0.2) is 0 Å². The first-order valence-corrected chi connectivity index (χ1v) is 28.5. The number of halogens is 1. The van der Waals surface area contributed by atoms with E-state index in [-0.39, 0.29) is 91.4 Å². The molecule has 5 aliphatic rings. The summed E-state index contributed by atoms with van der Waals surface area (Å²) >= 11 is 1.07. The third-order valence-electron chi connectivity index (χ3n) is 16.0. The summed E-state index contributed by atoms with van der Waals surface area (Å²) < 4.78 is 42.4. The molecule has 410 valence electrons. The molecule has 5 aliphatic heterocycles. The summed E-state index contributed by atoms with van der Waals surface area (Å²) in [5, 5.41) is 5.65. The molecule has 6 amide bonds. The number of imidazole rings is 1. The Kier molecular flexibility index (Phi) is 15.0. The van der Waals surface area contributed by atoms with Crippen molar-refractivity contribution in [2.45, 2.75) is 95.7 Å². The van der Waals surface area contributed by atoms with Crippen LogP contribution in [0.15, 0.2) is 77.6 Å². The molecule has 4 N–H and O–H groups in total. The second-order valence-corrected chi connectivity index (χ2v) is 25.0. The number of nitrogens with one attached hydrogen (secondary N) is 2. The highest BCUT2D eigenvalue weighted by molar-refractivity contribution is 7.51. The summed E-state index contributed by atoms with van der Waals surface area (Å²) in [5.74, 6) is -5.07. The highest BCUT2D eigenvalue weighted by Crippen LogP contribution is 2.53. The van der Waals surface area contributed by atoms with E-state index in [1.54, 1.807) is 32.7 Å². The highest BCUT2D eigenvalue weighted by atomic mass is 32.1. The maximum atomic E-state index is 15.0. The number of benzene rings is 3. The lowest BCUT2D eigenvalue weighted by molar-refractivity contribution is -0.156. The van der Waals surface area contributed by atoms with Crippen molar-refractivity contribution in [2.24, 2.45) is 17.9 Å². The minimum atomic E-state index is -5.08. The molecule has 1 spiro atoms. The van der Waals surface area contributed by atoms with E-state index >= 15 is 4.79 Å². The maximum absolute atomic E-state index is 15.0. The van der Waals surface area contributed by atoms with Crippen molar-refractivity contribution < 1.29 is 57.0 Å². The molecule has 3 aromatic carbocycles. The van der Waals surface area contributed by atoms with Gasteiger partial charge in [-0.15, -0.1) is 11.3 Å². The number of amides is 6. The van der Waals surface area contributed by atoms with Gasteiger partial charge in [-0.1, -0.05) is 63.2 Å². The van der Waals surface area contributed by atoms with Gasteiger partial charge < -0.3 is 39.3 Å². The number of piperidine rings is 1. The standard InChI is InChI=1S/C54H64FN8O12PS/c1-53(2,3)46(57-49(67)42-26-35-25-34(11-14-41(35)77-42)47(55)76(71,72)73)51(69)62-19-16-39(45(62)50(68)60-22-23-74-40(28-60)33-8-6-5-7-9-33)75-29-44(65)61-21-18-54(31-61)17-20-59(30-54)27-32-10-12-36-38(24-32)58(4)52(70)63(36)37-13-15-43(64)56-48(37)66/h5-12,14,24-26,37,39-40,45-47H,13,15-23,27-31H2,1-4H3,(H,57,67)(H,56,64,66)(H2,71,72,73)/t37?,39-,40+,45+,46-,47-,54-/m1/s1. The Balaban J connectivity index is 0.816. The molecule has 5 aromatic rings. The van der Waals surface area contributed by atoms with E-state index in [0.29, 0.717) is 40.8 Å². The zero-order chi connectivity index (χ0) is 54.7. The maximum Gasteiger partial charge on any atom is 0.363 e. The van der Waals surface area contributed by atoms with Gasteiger partial charge in [-0.2, -0.15) is 0 Å². The number of aryl methyl sites for hydroxylation is 1. The number of nitrogens with zero attached hydrogens (tertiary/aromatic N) is 6. The van der Waals surface area contributed by atoms with Crippen molar-refractivity contribution in [2.75, 3.05) is 59.0 Å². The van der Waals surface area contributed by atoms with Crippen LogP contribution < -0.4 is 16.3 Å². The van der Waals surface area contributed by atoms with Crippen LogP contribution >= 0.6 is 18.9 Å². The van der Waals surface area contributed by atoms with Gasteiger partial charge in [0.05, 0.1) is 35.2 Å². The van der Waals surface area contributed by atoms with Crippen LogP contribution in [0.5, 0.6) is 0 Å². The van der Waals surface area contributed by atoms with Crippen LogP contribution in [0.1, 0.15) is 97.3 Å². The van der Waals surface area contributed by atoms with E-state index < -0.39 is 67.0 Å². The van der Waals surface area contributed by atoms with Gasteiger partial charge in [-0.25, -0.2) is 9.18 Å². The first-order chi connectivity index (χ1) is 36.6. The summed E-state index contributed by atoms with van der Waals surface area (Å²) in [7, 11) is -3.41. The predicted octanol–water partition coefficient (Wildman–Crippen LogP) is 4.53. The molecule has 2 aromatic heterocycles. The Labute approximate surface area is 447 Å². The molecule has 5 saturated heterocycles. The Bertz CT molecular complexity index is 3260. The van der Waals surface area contributed by atoms with Gasteiger partial charge >= 0.3 is 13.3 Å². The van der Waals surface area contributed by atoms with Crippen LogP contribution in [0.3, 0.4) is 0 Å². The van der Waals surface area contributed by atoms with Crippen molar-refractivity contribution in [1.82, 2.24) is 39.4 Å². The summed E-state index contributed by atoms with van der Waals surface area (Å²) in [6.07, 6.45) is 1.05. The number of thiophene rings is 1. The van der Waals surface area contributed by atoms with Crippen LogP contribution in [0.25, 0.3) is 21.1 Å². The first-order valence-electron chi connectivity index (χ1n) is 26.0. The third-order valence-corrected chi connectivity index (χ3v) is 18.0. The number of rotatable bonds is 13. The number of alkyl halides is 1. The second-order valence-electron chi connectivity index (χ2n) is 22.3. The van der Waals surface area contributed by atoms with Crippen LogP contribution in [-0.2, 0) is 51.6 Å². The minimum absolute atomic E-state index is 0.107. The number of carbonyl (C=O) groups excluding carboxylic acids is 6. The van der Waals surface area contributed by atoms with Gasteiger partial charge in [-0.3, -0.25) is 52.7 Å². The number of morpholine rings is 1. The van der Waals surface area contributed by atoms with Crippen molar-refractivity contribution in [1.29, 1.82) is 0 Å². The average Bonchev–Trinajstić information content (AvgIpc) is 4.31. The molecule has 23 heteroatoms. The number of likely N-dealkylation sites (tertiary alicyclic amines) is 3. The topological polar surface area (TPSA) is 242 Å². The van der Waals surface area contributed by atoms with Crippen molar-refractivity contribution in [3.05, 3.63) is 105 Å². The molecular formula is C54H64FN8O12PS. The fourth-order valence-electron chi connectivity index (χ4n) is 11.8. The summed E-state index contributed by atoms with van der Waals surface area (Å²) in [6.45, 7) is 9.14. The SMILES string of the molecule is Cn1c(=O)n(C2CCC(=O)NC2=O)c2ccc(CN3CC[C@@]4(CCN(C(=O)CO[C@@H]5CCN(C(=O)[C@@H](NC(=O)c6cc7cc([C@H](F)P(=O)(O)O)ccc7s6)C(C)(C)C)[C@@H]5C(=O)N5CCO[C@H](c6ccccc6)C5)C4)C3)cc21. The Morgan fingerprint density at radius 2 is 1.70 bits per heavy atom. The largest absolute Gasteiger partial charge is 0.370 e. The fraction of sp³-hybridized carbons (Fsp3) is 0.500. The molecule has 0 bridgehead atoms. The van der Waals surface area contributed by atoms with Crippen LogP contribution in [0.4, 0.5) is 4.39 Å². The van der Waals surface area contributed by atoms with Gasteiger partial charge in [0, 0.05) is 62.9 Å². The molecule has 10 rings (SSSR count). The van der Waals surface area contributed by atoms with E-state index in [9.17, 15) is 47.5 Å². The number of aromatic nitrogens is 2. The van der Waals surface area contributed by atoms with E-state index in [4.69, 9.17) is 9.47 Å². The number of imide groups is 1. The summed E-state index contributed by atoms with van der Waals surface area (Å²) in [4.78, 5) is 122. The molecule has 5 fully saturated rings. The number of hydrogen-bond acceptors (Lipinski definition) is 12. The van der Waals surface area contributed by atoms with E-state index in [1.807, 2.05) is 53.4 Å². The lowest BCUT2D eigenvalue weighted by Gasteiger charge is -2.39. The van der Waals surface area contributed by atoms with E-state index in [1.165, 1.54) is 38.3 Å². The Morgan fingerprint density at radius 1 is 0.935 bits per heavy atom. The molecule has 77 heavy (non-hydrogen) atoms. The zero-order valence-corrected chi connectivity index (χ0v) is 45.1. The first kappa shape index (κ1) is 54.2. The van der Waals surface area contributed by atoms with E-state index in [0.717, 1.165) is 48.4 Å². The summed E-state index contributed by atoms with van der Waals surface area (Å²) in [5.41, 5.74) is 1.62. The molecule has 20 nitrogen and oxygen atoms in total. The van der Waals surface area contributed by atoms with Gasteiger partial charge in [0.25, 0.3) is 5.91 Å². The van der Waals surface area contributed by atoms with Gasteiger partial charge in [0.1, 0.15) is 30.8 Å². The Hall–Kier alpha value is -6.13. The molecule has 0 saturated carbocycles. The molecule has 0 aliphatic carbocycles. The lowest BCUT2D eigenvalue weighted by atomic mass is 9.85. The molecule has 7 heterocycles. The number of ether oxygens (including phenoxy) is 2. The van der Waals surface area contributed by atoms with E-state index in [2.05, 4.69) is 15.5 Å².